The molecule has 0 aliphatic heterocycles. The van der Waals surface area contributed by atoms with Gasteiger partial charge in [0, 0.05) is 5.56 Å². The van der Waals surface area contributed by atoms with Crippen LogP contribution < -0.4 is 21.3 Å². The van der Waals surface area contributed by atoms with E-state index in [1.54, 1.807) is 24.3 Å². The third kappa shape index (κ3) is 3.76. The molecule has 0 aromatic heterocycles. The molecule has 0 saturated carbocycles. The number of carbonyl (C=O) groups is 2. The van der Waals surface area contributed by atoms with Gasteiger partial charge in [-0.15, -0.1) is 0 Å². The Morgan fingerprint density at radius 2 is 2.06 bits per heavy atom. The lowest BCUT2D eigenvalue weighted by Crippen LogP contribution is -2.48. The van der Waals surface area contributed by atoms with E-state index in [1.165, 1.54) is 14.0 Å². The minimum atomic E-state index is -0.680. The van der Waals surface area contributed by atoms with E-state index < -0.39 is 17.9 Å². The summed E-state index contributed by atoms with van der Waals surface area (Å²) in [5.41, 5.74) is 10.2. The first kappa shape index (κ1) is 13.0. The van der Waals surface area contributed by atoms with E-state index in [4.69, 9.17) is 10.5 Å². The zero-order chi connectivity index (χ0) is 12.8. The van der Waals surface area contributed by atoms with Crippen LogP contribution in [-0.2, 0) is 4.79 Å². The van der Waals surface area contributed by atoms with E-state index >= 15 is 0 Å². The Kier molecular flexibility index (Phi) is 4.47. The number of methoxy groups -OCH3 is 1. The summed E-state index contributed by atoms with van der Waals surface area (Å²) in [5.74, 6) is -0.324. The average Bonchev–Trinajstić information content (AvgIpc) is 2.35. The molecule has 0 fully saturated rings. The van der Waals surface area contributed by atoms with E-state index in [1.807, 2.05) is 0 Å². The predicted octanol–water partition coefficient (Wildman–Crippen LogP) is -0.197. The normalized spacial score (nSPS) is 11.5. The summed E-state index contributed by atoms with van der Waals surface area (Å²) in [5, 5.41) is 0. The smallest absolute Gasteiger partial charge is 0.269 e. The van der Waals surface area contributed by atoms with Crippen molar-refractivity contribution in [3.8, 4) is 5.75 Å². The third-order valence-electron chi connectivity index (χ3n) is 2.04. The van der Waals surface area contributed by atoms with Gasteiger partial charge in [0.25, 0.3) is 11.8 Å². The van der Waals surface area contributed by atoms with Gasteiger partial charge in [-0.2, -0.15) is 0 Å². The topological polar surface area (TPSA) is 93.5 Å². The molecule has 92 valence electrons. The summed E-state index contributed by atoms with van der Waals surface area (Å²) < 4.78 is 4.98. The lowest BCUT2D eigenvalue weighted by molar-refractivity contribution is -0.122. The van der Waals surface area contributed by atoms with E-state index in [2.05, 4.69) is 10.9 Å². The van der Waals surface area contributed by atoms with Crippen LogP contribution in [0, 0.1) is 0 Å². The van der Waals surface area contributed by atoms with Gasteiger partial charge in [-0.05, 0) is 25.1 Å². The van der Waals surface area contributed by atoms with E-state index in [0.29, 0.717) is 11.3 Å². The predicted molar refractivity (Wildman–Crippen MR) is 62.3 cm³/mol. The minimum Gasteiger partial charge on any atom is -0.497 e. The van der Waals surface area contributed by atoms with Gasteiger partial charge in [0.2, 0.25) is 0 Å². The Bertz CT molecular complexity index is 418. The van der Waals surface area contributed by atoms with Crippen LogP contribution in [0.15, 0.2) is 24.3 Å². The van der Waals surface area contributed by atoms with Crippen molar-refractivity contribution in [3.63, 3.8) is 0 Å². The lowest BCUT2D eigenvalue weighted by Gasteiger charge is -2.09. The number of hydrogen-bond donors (Lipinski definition) is 3. The van der Waals surface area contributed by atoms with Gasteiger partial charge < -0.3 is 10.5 Å². The molecule has 1 unspecified atom stereocenters. The molecule has 2 amide bonds. The molecule has 6 heteroatoms. The maximum Gasteiger partial charge on any atom is 0.269 e. The highest BCUT2D eigenvalue weighted by Crippen LogP contribution is 2.11. The second kappa shape index (κ2) is 5.86. The van der Waals surface area contributed by atoms with Gasteiger partial charge in [0.15, 0.2) is 0 Å². The number of amides is 2. The number of hydrazine groups is 1. The molecule has 6 nitrogen and oxygen atoms in total. The van der Waals surface area contributed by atoms with Gasteiger partial charge in [0.1, 0.15) is 5.75 Å². The SMILES string of the molecule is COc1cccc(C(=O)NNC(=O)C(C)N)c1. The van der Waals surface area contributed by atoms with E-state index in [-0.39, 0.29) is 0 Å². The quantitative estimate of drug-likeness (QED) is 0.635. The second-order valence-corrected chi connectivity index (χ2v) is 3.46. The monoisotopic (exact) mass is 237 g/mol. The molecule has 1 rings (SSSR count). The van der Waals surface area contributed by atoms with Crippen LogP contribution in [-0.4, -0.2) is 25.0 Å². The maximum atomic E-state index is 11.6. The first-order valence-corrected chi connectivity index (χ1v) is 5.04. The van der Waals surface area contributed by atoms with Gasteiger partial charge in [-0.3, -0.25) is 20.4 Å². The summed E-state index contributed by atoms with van der Waals surface area (Å²) in [6.07, 6.45) is 0. The molecule has 17 heavy (non-hydrogen) atoms. The Morgan fingerprint density at radius 3 is 2.65 bits per heavy atom. The molecule has 0 saturated heterocycles. The summed E-state index contributed by atoms with van der Waals surface area (Å²) >= 11 is 0. The summed E-state index contributed by atoms with van der Waals surface area (Å²) in [6, 6.07) is 5.89. The number of nitrogens with one attached hydrogen (secondary N) is 2. The zero-order valence-electron chi connectivity index (χ0n) is 9.69. The lowest BCUT2D eigenvalue weighted by atomic mass is 10.2. The highest BCUT2D eigenvalue weighted by molar-refractivity contribution is 5.96. The van der Waals surface area contributed by atoms with Crippen molar-refractivity contribution in [2.45, 2.75) is 13.0 Å². The standard InChI is InChI=1S/C11H15N3O3/c1-7(12)10(15)13-14-11(16)8-4-3-5-9(6-8)17-2/h3-7H,12H2,1-2H3,(H,13,15)(H,14,16). The molecule has 0 bridgehead atoms. The van der Waals surface area contributed by atoms with Crippen molar-refractivity contribution in [2.24, 2.45) is 5.73 Å². The fourth-order valence-electron chi connectivity index (χ4n) is 1.07. The summed E-state index contributed by atoms with van der Waals surface area (Å²) in [7, 11) is 1.51. The zero-order valence-corrected chi connectivity index (χ0v) is 9.69. The van der Waals surface area contributed by atoms with Gasteiger partial charge >= 0.3 is 0 Å². The fourth-order valence-corrected chi connectivity index (χ4v) is 1.07. The number of rotatable bonds is 3. The molecular weight excluding hydrogens is 222 g/mol. The molecular formula is C11H15N3O3. The van der Waals surface area contributed by atoms with Crippen LogP contribution in [0.25, 0.3) is 0 Å². The largest absolute Gasteiger partial charge is 0.497 e. The highest BCUT2D eigenvalue weighted by atomic mass is 16.5. The Labute approximate surface area is 99.1 Å². The van der Waals surface area contributed by atoms with Crippen molar-refractivity contribution < 1.29 is 14.3 Å². The highest BCUT2D eigenvalue weighted by Gasteiger charge is 2.10. The van der Waals surface area contributed by atoms with E-state index in [0.717, 1.165) is 0 Å². The van der Waals surface area contributed by atoms with Crippen molar-refractivity contribution >= 4 is 11.8 Å². The molecule has 0 spiro atoms. The number of nitrogens with two attached hydrogens (primary N) is 1. The molecule has 0 heterocycles. The average molecular weight is 237 g/mol. The molecule has 1 aromatic rings. The van der Waals surface area contributed by atoms with Crippen molar-refractivity contribution in [1.29, 1.82) is 0 Å². The second-order valence-electron chi connectivity index (χ2n) is 3.46. The van der Waals surface area contributed by atoms with Crippen molar-refractivity contribution in [3.05, 3.63) is 29.8 Å². The van der Waals surface area contributed by atoms with Crippen LogP contribution in [0.4, 0.5) is 0 Å². The molecule has 1 aromatic carbocycles. The Balaban J connectivity index is 2.61. The van der Waals surface area contributed by atoms with Crippen LogP contribution >= 0.6 is 0 Å². The van der Waals surface area contributed by atoms with Crippen molar-refractivity contribution in [1.82, 2.24) is 10.9 Å². The summed E-state index contributed by atoms with van der Waals surface area (Å²) in [6.45, 7) is 1.52. The van der Waals surface area contributed by atoms with Gasteiger partial charge in [-0.25, -0.2) is 0 Å². The maximum absolute atomic E-state index is 11.6. The molecule has 4 N–H and O–H groups in total. The Hall–Kier alpha value is -2.08. The molecule has 0 aliphatic carbocycles. The van der Waals surface area contributed by atoms with Crippen LogP contribution in [0.1, 0.15) is 17.3 Å². The molecule has 0 radical (unpaired) electrons. The number of benzene rings is 1. The number of carbonyl (C=O) groups excluding carboxylic acids is 2. The molecule has 0 aliphatic rings. The first-order valence-electron chi connectivity index (χ1n) is 5.04. The number of hydrogen-bond acceptors (Lipinski definition) is 4. The Morgan fingerprint density at radius 1 is 1.35 bits per heavy atom. The van der Waals surface area contributed by atoms with Gasteiger partial charge in [-0.1, -0.05) is 6.07 Å². The van der Waals surface area contributed by atoms with Gasteiger partial charge in [0.05, 0.1) is 13.2 Å². The minimum absolute atomic E-state index is 0.384. The summed E-state index contributed by atoms with van der Waals surface area (Å²) in [4.78, 5) is 22.7. The van der Waals surface area contributed by atoms with Crippen LogP contribution in [0.3, 0.4) is 0 Å². The third-order valence-corrected chi connectivity index (χ3v) is 2.04. The fraction of sp³-hybridized carbons (Fsp3) is 0.273. The van der Waals surface area contributed by atoms with Crippen LogP contribution in [0.2, 0.25) is 0 Å². The number of ether oxygens (including phenoxy) is 1. The van der Waals surface area contributed by atoms with E-state index in [9.17, 15) is 9.59 Å². The van der Waals surface area contributed by atoms with Crippen molar-refractivity contribution in [2.75, 3.05) is 7.11 Å². The van der Waals surface area contributed by atoms with Crippen LogP contribution in [0.5, 0.6) is 5.75 Å². The molecule has 1 atom stereocenters. The first-order chi connectivity index (χ1) is 8.04.